The molecule has 0 spiro atoms. The van der Waals surface area contributed by atoms with Crippen LogP contribution < -0.4 is 0 Å². The van der Waals surface area contributed by atoms with Crippen LogP contribution in [0.3, 0.4) is 0 Å². The predicted molar refractivity (Wildman–Crippen MR) is 76.9 cm³/mol. The molecular weight excluding hydrogens is 316 g/mol. The minimum atomic E-state index is -3.90. The Balaban J connectivity index is 2.43. The largest absolute Gasteiger partial charge is 0.478 e. The fourth-order valence-corrected chi connectivity index (χ4v) is 5.29. The average Bonchev–Trinajstić information content (AvgIpc) is 2.86. The average molecular weight is 332 g/mol. The van der Waals surface area contributed by atoms with Crippen molar-refractivity contribution < 1.29 is 23.1 Å². The number of thiophene rings is 1. The molecule has 9 heteroatoms. The minimum Gasteiger partial charge on any atom is -0.478 e. The van der Waals surface area contributed by atoms with Gasteiger partial charge in [-0.25, -0.2) is 13.2 Å². The van der Waals surface area contributed by atoms with Crippen LogP contribution in [0.25, 0.3) is 0 Å². The molecule has 1 N–H and O–H groups in total. The van der Waals surface area contributed by atoms with E-state index in [2.05, 4.69) is 0 Å². The lowest BCUT2D eigenvalue weighted by Crippen LogP contribution is -2.63. The van der Waals surface area contributed by atoms with Crippen LogP contribution in [0.1, 0.15) is 24.2 Å². The number of carbonyl (C=O) groups is 2. The van der Waals surface area contributed by atoms with E-state index in [4.69, 9.17) is 5.11 Å². The first-order valence-corrected chi connectivity index (χ1v) is 8.50. The summed E-state index contributed by atoms with van der Waals surface area (Å²) in [5, 5.41) is 10.2. The summed E-state index contributed by atoms with van der Waals surface area (Å²) in [7, 11) is -2.27. The number of sulfonamides is 1. The molecule has 1 aliphatic rings. The van der Waals surface area contributed by atoms with Crippen LogP contribution >= 0.6 is 11.3 Å². The van der Waals surface area contributed by atoms with Gasteiger partial charge in [-0.15, -0.1) is 11.3 Å². The van der Waals surface area contributed by atoms with Gasteiger partial charge in [0.05, 0.1) is 5.56 Å². The molecule has 1 aromatic rings. The third-order valence-corrected chi connectivity index (χ3v) is 6.99. The first kappa shape index (κ1) is 15.9. The Labute approximate surface area is 126 Å². The van der Waals surface area contributed by atoms with Crippen molar-refractivity contribution in [1.82, 2.24) is 9.21 Å². The Kier molecular flexibility index (Phi) is 3.85. The molecule has 1 aliphatic heterocycles. The standard InChI is InChI=1S/C12H16N2O5S2/c1-12(2)11(17)13(3)4-5-14(12)21(18,19)9-6-8(7-20-9)10(15)16/h6-7H,4-5H2,1-3H3,(H,15,16). The molecule has 1 aromatic heterocycles. The van der Waals surface area contributed by atoms with Crippen LogP contribution in [0.2, 0.25) is 0 Å². The summed E-state index contributed by atoms with van der Waals surface area (Å²) < 4.78 is 26.4. The maximum atomic E-state index is 12.7. The minimum absolute atomic E-state index is 0.0645. The Morgan fingerprint density at radius 3 is 2.52 bits per heavy atom. The van der Waals surface area contributed by atoms with Gasteiger partial charge < -0.3 is 10.0 Å². The third kappa shape index (κ3) is 2.56. The van der Waals surface area contributed by atoms with Crippen molar-refractivity contribution in [2.75, 3.05) is 20.1 Å². The summed E-state index contributed by atoms with van der Waals surface area (Å²) >= 11 is 0.846. The van der Waals surface area contributed by atoms with E-state index in [1.54, 1.807) is 20.9 Å². The van der Waals surface area contributed by atoms with Gasteiger partial charge in [-0.3, -0.25) is 4.79 Å². The van der Waals surface area contributed by atoms with Crippen molar-refractivity contribution in [1.29, 1.82) is 0 Å². The van der Waals surface area contributed by atoms with Gasteiger partial charge in [-0.2, -0.15) is 4.31 Å². The summed E-state index contributed by atoms with van der Waals surface area (Å²) in [6.45, 7) is 3.58. The Morgan fingerprint density at radius 2 is 2.00 bits per heavy atom. The number of carboxylic acids is 1. The van der Waals surface area contributed by atoms with Gasteiger partial charge in [0.25, 0.3) is 10.0 Å². The van der Waals surface area contributed by atoms with E-state index in [0.717, 1.165) is 21.7 Å². The summed E-state index contributed by atoms with van der Waals surface area (Å²) in [5.74, 6) is -1.46. The van der Waals surface area contributed by atoms with E-state index in [1.807, 2.05) is 0 Å². The fourth-order valence-electron chi connectivity index (χ4n) is 2.29. The lowest BCUT2D eigenvalue weighted by atomic mass is 10.0. The molecule has 2 heterocycles. The van der Waals surface area contributed by atoms with Gasteiger partial charge in [0.1, 0.15) is 9.75 Å². The number of carboxylic acid groups (broad SMARTS) is 1. The second kappa shape index (κ2) is 5.08. The number of amides is 1. The van der Waals surface area contributed by atoms with Gasteiger partial charge >= 0.3 is 5.97 Å². The maximum Gasteiger partial charge on any atom is 0.336 e. The number of likely N-dealkylation sites (N-methyl/N-ethyl adjacent to an activating group) is 1. The zero-order chi connectivity index (χ0) is 16.0. The second-order valence-corrected chi connectivity index (χ2v) is 8.32. The molecule has 7 nitrogen and oxygen atoms in total. The summed E-state index contributed by atoms with van der Waals surface area (Å²) in [5.41, 5.74) is -1.27. The molecule has 0 bridgehead atoms. The lowest BCUT2D eigenvalue weighted by molar-refractivity contribution is -0.142. The first-order valence-electron chi connectivity index (χ1n) is 6.18. The van der Waals surface area contributed by atoms with Crippen LogP contribution in [0, 0.1) is 0 Å². The van der Waals surface area contributed by atoms with E-state index in [-0.39, 0.29) is 22.2 Å². The number of rotatable bonds is 3. The van der Waals surface area contributed by atoms with Crippen molar-refractivity contribution in [2.45, 2.75) is 23.6 Å². The molecule has 0 saturated carbocycles. The van der Waals surface area contributed by atoms with Gasteiger partial charge in [-0.1, -0.05) is 0 Å². The summed E-state index contributed by atoms with van der Waals surface area (Å²) in [4.78, 5) is 24.5. The highest BCUT2D eigenvalue weighted by Gasteiger charge is 2.47. The number of hydrogen-bond acceptors (Lipinski definition) is 5. The van der Waals surface area contributed by atoms with Gasteiger partial charge in [0, 0.05) is 25.5 Å². The molecule has 116 valence electrons. The molecule has 0 radical (unpaired) electrons. The molecule has 0 aromatic carbocycles. The van der Waals surface area contributed by atoms with E-state index in [1.165, 1.54) is 10.3 Å². The second-order valence-electron chi connectivity index (χ2n) is 5.32. The van der Waals surface area contributed by atoms with E-state index in [0.29, 0.717) is 6.54 Å². The van der Waals surface area contributed by atoms with Crippen LogP contribution in [0.4, 0.5) is 0 Å². The lowest BCUT2D eigenvalue weighted by Gasteiger charge is -2.43. The van der Waals surface area contributed by atoms with E-state index in [9.17, 15) is 18.0 Å². The molecule has 0 unspecified atom stereocenters. The van der Waals surface area contributed by atoms with Gasteiger partial charge in [0.15, 0.2) is 0 Å². The molecule has 0 atom stereocenters. The molecule has 2 rings (SSSR count). The molecule has 1 fully saturated rings. The van der Waals surface area contributed by atoms with E-state index < -0.39 is 21.5 Å². The molecular formula is C12H16N2O5S2. The third-order valence-electron chi connectivity index (χ3n) is 3.50. The van der Waals surface area contributed by atoms with Crippen molar-refractivity contribution in [3.63, 3.8) is 0 Å². The van der Waals surface area contributed by atoms with Crippen molar-refractivity contribution in [3.05, 3.63) is 17.0 Å². The fraction of sp³-hybridized carbons (Fsp3) is 0.500. The highest BCUT2D eigenvalue weighted by atomic mass is 32.2. The molecule has 1 saturated heterocycles. The summed E-state index contributed by atoms with van der Waals surface area (Å²) in [6, 6.07) is 1.13. The first-order chi connectivity index (χ1) is 9.58. The highest BCUT2D eigenvalue weighted by Crippen LogP contribution is 2.31. The zero-order valence-corrected chi connectivity index (χ0v) is 13.5. The van der Waals surface area contributed by atoms with Crippen LogP contribution in [-0.2, 0) is 14.8 Å². The van der Waals surface area contributed by atoms with Crippen molar-refractivity contribution in [2.24, 2.45) is 0 Å². The predicted octanol–water partition coefficient (Wildman–Crippen LogP) is 0.688. The number of hydrogen-bond donors (Lipinski definition) is 1. The normalized spacial score (nSPS) is 19.8. The van der Waals surface area contributed by atoms with E-state index >= 15 is 0 Å². The Bertz CT molecular complexity index is 692. The topological polar surface area (TPSA) is 95.0 Å². The number of piperazine rings is 1. The van der Waals surface area contributed by atoms with Gasteiger partial charge in [-0.05, 0) is 19.9 Å². The van der Waals surface area contributed by atoms with Crippen molar-refractivity contribution in [3.8, 4) is 0 Å². The number of aromatic carboxylic acids is 1. The van der Waals surface area contributed by atoms with Crippen LogP contribution in [-0.4, -0.2) is 60.3 Å². The Morgan fingerprint density at radius 1 is 1.38 bits per heavy atom. The summed E-state index contributed by atoms with van der Waals surface area (Å²) in [6.07, 6.45) is 0. The van der Waals surface area contributed by atoms with Crippen LogP contribution in [0.15, 0.2) is 15.7 Å². The molecule has 0 aliphatic carbocycles. The highest BCUT2D eigenvalue weighted by molar-refractivity contribution is 7.91. The SMILES string of the molecule is CN1CCN(S(=O)(=O)c2cc(C(=O)O)cs2)C(C)(C)C1=O. The Hall–Kier alpha value is -1.45. The maximum absolute atomic E-state index is 12.7. The number of nitrogens with zero attached hydrogens (tertiary/aromatic N) is 2. The quantitative estimate of drug-likeness (QED) is 0.878. The van der Waals surface area contributed by atoms with Gasteiger partial charge in [0.2, 0.25) is 5.91 Å². The zero-order valence-electron chi connectivity index (χ0n) is 11.9. The van der Waals surface area contributed by atoms with Crippen LogP contribution in [0.5, 0.6) is 0 Å². The van der Waals surface area contributed by atoms with Crippen molar-refractivity contribution >= 4 is 33.2 Å². The monoisotopic (exact) mass is 332 g/mol. The molecule has 1 amide bonds. The number of carbonyl (C=O) groups excluding carboxylic acids is 1. The smallest absolute Gasteiger partial charge is 0.336 e. The molecule has 21 heavy (non-hydrogen) atoms.